The first-order valence-corrected chi connectivity index (χ1v) is 10.8. The molecule has 0 unspecified atom stereocenters. The van der Waals surface area contributed by atoms with Gasteiger partial charge in [0, 0.05) is 35.8 Å². The van der Waals surface area contributed by atoms with Crippen LogP contribution in [-0.2, 0) is 11.3 Å². The molecule has 0 spiro atoms. The second kappa shape index (κ2) is 9.05. The van der Waals surface area contributed by atoms with Crippen molar-refractivity contribution < 1.29 is 24.3 Å². The maximum Gasteiger partial charge on any atom is 0.321 e. The highest BCUT2D eigenvalue weighted by atomic mass is 16.5. The Morgan fingerprint density at radius 2 is 1.94 bits per heavy atom. The number of benzene rings is 2. The van der Waals surface area contributed by atoms with Crippen LogP contribution in [0.2, 0.25) is 0 Å². The van der Waals surface area contributed by atoms with Crippen LogP contribution < -0.4 is 10.2 Å². The second-order valence-corrected chi connectivity index (χ2v) is 8.06. The van der Waals surface area contributed by atoms with Gasteiger partial charge in [-0.05, 0) is 35.9 Å². The lowest BCUT2D eigenvalue weighted by molar-refractivity contribution is 0.0362. The third kappa shape index (κ3) is 4.20. The maximum absolute atomic E-state index is 13.6. The van der Waals surface area contributed by atoms with E-state index in [9.17, 15) is 9.59 Å². The molecule has 1 fully saturated rings. The summed E-state index contributed by atoms with van der Waals surface area (Å²) >= 11 is 0. The molecule has 2 N–H and O–H groups in total. The molecule has 170 valence electrons. The Balaban J connectivity index is 1.53. The van der Waals surface area contributed by atoms with E-state index in [1.54, 1.807) is 34.8 Å². The molecule has 5 rings (SSSR count). The molecule has 9 nitrogen and oxygen atoms in total. The average molecular weight is 448 g/mol. The Morgan fingerprint density at radius 3 is 2.76 bits per heavy atom. The number of hydrogen-bond acceptors (Lipinski definition) is 6. The molecule has 0 radical (unpaired) electrons. The quantitative estimate of drug-likeness (QED) is 0.462. The molecule has 3 heterocycles. The number of fused-ring (bicyclic) bond motifs is 2. The molecule has 1 atom stereocenters. The number of pyridine rings is 1. The number of ether oxygens (including phenoxy) is 2. The van der Waals surface area contributed by atoms with Gasteiger partial charge < -0.3 is 19.3 Å². The van der Waals surface area contributed by atoms with Crippen LogP contribution in [-0.4, -0.2) is 64.8 Å². The molecule has 2 aliphatic heterocycles. The lowest BCUT2D eigenvalue weighted by Gasteiger charge is -2.36. The molecule has 3 aromatic rings. The zero-order valence-electron chi connectivity index (χ0n) is 17.9. The zero-order valence-corrected chi connectivity index (χ0v) is 17.9. The van der Waals surface area contributed by atoms with E-state index in [0.29, 0.717) is 38.6 Å². The third-order valence-electron chi connectivity index (χ3n) is 6.08. The Bertz CT molecular complexity index is 1190. The van der Waals surface area contributed by atoms with Crippen LogP contribution in [0.4, 0.5) is 4.79 Å². The predicted octanol–water partition coefficient (Wildman–Crippen LogP) is 2.74. The van der Waals surface area contributed by atoms with Crippen LogP contribution in [0.25, 0.3) is 10.9 Å². The molecule has 0 bridgehead atoms. The number of carbonyl (C=O) groups excluding carboxylic acids is 2. The highest BCUT2D eigenvalue weighted by Crippen LogP contribution is 2.34. The van der Waals surface area contributed by atoms with Crippen LogP contribution >= 0.6 is 0 Å². The molecule has 0 saturated carbocycles. The van der Waals surface area contributed by atoms with Crippen molar-refractivity contribution in [3.63, 3.8) is 0 Å². The third-order valence-corrected chi connectivity index (χ3v) is 6.08. The van der Waals surface area contributed by atoms with Gasteiger partial charge in [-0.2, -0.15) is 0 Å². The number of nitrogens with one attached hydrogen (secondary N) is 1. The van der Waals surface area contributed by atoms with E-state index in [-0.39, 0.29) is 24.2 Å². The fraction of sp³-hybridized carbons (Fsp3) is 0.292. The number of aromatic nitrogens is 1. The number of urea groups is 1. The molecule has 33 heavy (non-hydrogen) atoms. The molecule has 2 aliphatic rings. The normalized spacial score (nSPS) is 18.3. The molecular formula is C24H24N4O5. The van der Waals surface area contributed by atoms with E-state index in [0.717, 1.165) is 22.0 Å². The number of hydrogen-bond donors (Lipinski definition) is 2. The minimum absolute atomic E-state index is 0.0804. The lowest BCUT2D eigenvalue weighted by atomic mass is 10.0. The fourth-order valence-electron chi connectivity index (χ4n) is 4.29. The van der Waals surface area contributed by atoms with Crippen molar-refractivity contribution in [3.8, 4) is 5.75 Å². The highest BCUT2D eigenvalue weighted by Gasteiger charge is 2.33. The first kappa shape index (κ1) is 21.2. The minimum Gasteiger partial charge on any atom is -0.491 e. The van der Waals surface area contributed by atoms with Crippen molar-refractivity contribution in [1.29, 1.82) is 0 Å². The average Bonchev–Trinajstić information content (AvgIpc) is 3.07. The van der Waals surface area contributed by atoms with Crippen molar-refractivity contribution in [2.24, 2.45) is 0 Å². The van der Waals surface area contributed by atoms with Gasteiger partial charge in [0.2, 0.25) is 0 Å². The van der Waals surface area contributed by atoms with Gasteiger partial charge in [0.1, 0.15) is 12.4 Å². The van der Waals surface area contributed by atoms with Crippen LogP contribution in [0.15, 0.2) is 54.7 Å². The zero-order chi connectivity index (χ0) is 22.8. The summed E-state index contributed by atoms with van der Waals surface area (Å²) in [5.74, 6) is -0.105. The molecular weight excluding hydrogens is 424 g/mol. The standard InChI is InChI=1S/C24H24N4O5/c29-23(26-31)18-3-4-19-14-28(24(30)27-8-10-32-11-9-27)21(15-33-22(19)13-18)17-5-6-20-16(12-17)2-1-7-25-20/h1-7,12-13,21,31H,8-11,14-15H2,(H,26,29)/t21-/m0/s1. The van der Waals surface area contributed by atoms with Crippen molar-refractivity contribution >= 4 is 22.8 Å². The van der Waals surface area contributed by atoms with E-state index < -0.39 is 5.91 Å². The predicted molar refractivity (Wildman–Crippen MR) is 119 cm³/mol. The first-order valence-electron chi connectivity index (χ1n) is 10.8. The Hall–Kier alpha value is -3.69. The first-order chi connectivity index (χ1) is 16.1. The van der Waals surface area contributed by atoms with Crippen LogP contribution in [0.5, 0.6) is 5.75 Å². The summed E-state index contributed by atoms with van der Waals surface area (Å²) in [5, 5.41) is 9.95. The van der Waals surface area contributed by atoms with Gasteiger partial charge in [-0.1, -0.05) is 18.2 Å². The van der Waals surface area contributed by atoms with Gasteiger partial charge in [0.25, 0.3) is 5.91 Å². The summed E-state index contributed by atoms with van der Waals surface area (Å²) < 4.78 is 11.5. The number of rotatable bonds is 2. The fourth-order valence-corrected chi connectivity index (χ4v) is 4.29. The SMILES string of the molecule is O=C(NO)c1ccc2c(c1)OC[C@@H](c1ccc3ncccc3c1)N(C(=O)N1CCOCC1)C2. The van der Waals surface area contributed by atoms with Gasteiger partial charge in [-0.25, -0.2) is 10.3 Å². The second-order valence-electron chi connectivity index (χ2n) is 8.06. The van der Waals surface area contributed by atoms with E-state index >= 15 is 0 Å². The highest BCUT2D eigenvalue weighted by molar-refractivity contribution is 5.93. The summed E-state index contributed by atoms with van der Waals surface area (Å²) in [7, 11) is 0. The summed E-state index contributed by atoms with van der Waals surface area (Å²) in [6.45, 7) is 2.64. The largest absolute Gasteiger partial charge is 0.491 e. The van der Waals surface area contributed by atoms with Crippen molar-refractivity contribution in [1.82, 2.24) is 20.3 Å². The Kier molecular flexibility index (Phi) is 5.80. The van der Waals surface area contributed by atoms with Crippen LogP contribution in [0.3, 0.4) is 0 Å². The lowest BCUT2D eigenvalue weighted by Crippen LogP contribution is -2.49. The summed E-state index contributed by atoms with van der Waals surface area (Å²) in [6.07, 6.45) is 1.75. The number of hydroxylamine groups is 1. The smallest absolute Gasteiger partial charge is 0.321 e. The number of nitrogens with zero attached hydrogens (tertiary/aromatic N) is 3. The van der Waals surface area contributed by atoms with Gasteiger partial charge in [0.15, 0.2) is 0 Å². The van der Waals surface area contributed by atoms with Crippen molar-refractivity contribution in [3.05, 3.63) is 71.4 Å². The van der Waals surface area contributed by atoms with Gasteiger partial charge in [0.05, 0.1) is 31.3 Å². The van der Waals surface area contributed by atoms with E-state index in [1.807, 2.05) is 35.2 Å². The molecule has 2 aromatic carbocycles. The number of carbonyl (C=O) groups is 2. The molecule has 1 saturated heterocycles. The van der Waals surface area contributed by atoms with E-state index in [4.69, 9.17) is 14.7 Å². The van der Waals surface area contributed by atoms with Crippen LogP contribution in [0.1, 0.15) is 27.5 Å². The topological polar surface area (TPSA) is 104 Å². The molecule has 3 amide bonds. The molecule has 1 aromatic heterocycles. The number of morpholine rings is 1. The van der Waals surface area contributed by atoms with Gasteiger partial charge >= 0.3 is 6.03 Å². The van der Waals surface area contributed by atoms with Gasteiger partial charge in [-0.15, -0.1) is 0 Å². The monoisotopic (exact) mass is 448 g/mol. The van der Waals surface area contributed by atoms with Crippen LogP contribution in [0, 0.1) is 0 Å². The number of amides is 3. The minimum atomic E-state index is -0.620. The molecule has 9 heteroatoms. The molecule has 0 aliphatic carbocycles. The van der Waals surface area contributed by atoms with Crippen molar-refractivity contribution in [2.75, 3.05) is 32.9 Å². The van der Waals surface area contributed by atoms with Crippen molar-refractivity contribution in [2.45, 2.75) is 12.6 Å². The summed E-state index contributed by atoms with van der Waals surface area (Å²) in [6, 6.07) is 14.4. The van der Waals surface area contributed by atoms with Gasteiger partial charge in [-0.3, -0.25) is 15.0 Å². The summed E-state index contributed by atoms with van der Waals surface area (Å²) in [5.41, 5.74) is 4.53. The summed E-state index contributed by atoms with van der Waals surface area (Å²) in [4.78, 5) is 33.5. The Morgan fingerprint density at radius 1 is 1.09 bits per heavy atom. The Labute approximate surface area is 190 Å². The van der Waals surface area contributed by atoms with E-state index in [2.05, 4.69) is 4.98 Å². The maximum atomic E-state index is 13.6. The van der Waals surface area contributed by atoms with E-state index in [1.165, 1.54) is 0 Å².